The second-order valence-corrected chi connectivity index (χ2v) is 8.50. The van der Waals surface area contributed by atoms with Crippen LogP contribution in [0.2, 0.25) is 0 Å². The summed E-state index contributed by atoms with van der Waals surface area (Å²) >= 11 is 0. The number of aromatic amines is 1. The molecule has 0 aliphatic rings. The molecule has 3 aromatic rings. The fraction of sp³-hybridized carbons (Fsp3) is 0. The summed E-state index contributed by atoms with van der Waals surface area (Å²) in [6.45, 7) is 0. The van der Waals surface area contributed by atoms with E-state index in [1.807, 2.05) is 0 Å². The Morgan fingerprint density at radius 2 is 1.68 bits per heavy atom. The van der Waals surface area contributed by atoms with E-state index in [2.05, 4.69) is 15.5 Å². The molecule has 0 saturated carbocycles. The monoisotopic (exact) mass is 472 g/mol. The smallest absolute Gasteiger partial charge is 0.338 e. The first kappa shape index (κ1) is 21.8. The van der Waals surface area contributed by atoms with Gasteiger partial charge in [0.15, 0.2) is 5.21 Å². The van der Waals surface area contributed by atoms with Crippen molar-refractivity contribution in [3.8, 4) is 17.1 Å². The van der Waals surface area contributed by atoms with Crippen LogP contribution in [0.4, 0.5) is 11.4 Å². The lowest BCUT2D eigenvalue weighted by Crippen LogP contribution is -2.36. The highest BCUT2D eigenvalue weighted by Gasteiger charge is 2.31. The molecule has 0 amide bonds. The third-order valence-corrected chi connectivity index (χ3v) is 5.60. The highest BCUT2D eigenvalue weighted by atomic mass is 32.2. The third-order valence-electron chi connectivity index (χ3n) is 3.87. The van der Waals surface area contributed by atoms with Crippen molar-refractivity contribution in [1.82, 2.24) is 15.5 Å². The van der Waals surface area contributed by atoms with Gasteiger partial charge in [-0.05, 0) is 24.3 Å². The van der Waals surface area contributed by atoms with Gasteiger partial charge in [-0.3, -0.25) is 24.8 Å². The zero-order valence-corrected chi connectivity index (χ0v) is 16.3. The van der Waals surface area contributed by atoms with Crippen LogP contribution in [0.15, 0.2) is 46.2 Å². The number of non-ortho nitro benzene ring substituents is 1. The maximum atomic E-state index is 11.7. The van der Waals surface area contributed by atoms with E-state index in [9.17, 15) is 41.6 Å². The topological polar surface area (TPSA) is 243 Å². The predicted octanol–water partition coefficient (Wildman–Crippen LogP) is -0.284. The lowest BCUT2D eigenvalue weighted by molar-refractivity contribution is -0.653. The van der Waals surface area contributed by atoms with Crippen LogP contribution in [0, 0.1) is 20.2 Å². The zero-order chi connectivity index (χ0) is 23.1. The molecule has 2 N–H and O–H groups in total. The lowest BCUT2D eigenvalue weighted by Gasteiger charge is -2.11. The molecule has 0 unspecified atom stereocenters. The summed E-state index contributed by atoms with van der Waals surface area (Å²) in [6, 6.07) is 4.49. The molecule has 0 aliphatic heterocycles. The van der Waals surface area contributed by atoms with Crippen molar-refractivity contribution >= 4 is 31.6 Å². The zero-order valence-electron chi connectivity index (χ0n) is 14.6. The molecule has 0 fully saturated rings. The Labute approximate surface area is 171 Å². The first-order valence-electron chi connectivity index (χ1n) is 7.65. The maximum absolute atomic E-state index is 11.7. The normalized spacial score (nSPS) is 11.9. The Hall–Kier alpha value is -3.87. The summed E-state index contributed by atoms with van der Waals surface area (Å²) in [6.07, 6.45) is 0. The molecular weight excluding hydrogens is 464 g/mol. The van der Waals surface area contributed by atoms with Gasteiger partial charge >= 0.3 is 11.5 Å². The van der Waals surface area contributed by atoms with Gasteiger partial charge in [0.05, 0.1) is 31.3 Å². The molecule has 16 nitrogen and oxygen atoms in total. The van der Waals surface area contributed by atoms with Crippen LogP contribution in [0.25, 0.3) is 17.1 Å². The number of rotatable bonds is 6. The average molecular weight is 472 g/mol. The van der Waals surface area contributed by atoms with E-state index in [-0.39, 0.29) is 5.69 Å². The molecule has 0 spiro atoms. The summed E-state index contributed by atoms with van der Waals surface area (Å²) in [7, 11) is -10.2. The molecule has 0 radical (unpaired) electrons. The van der Waals surface area contributed by atoms with Crippen LogP contribution in [0.1, 0.15) is 0 Å². The molecule has 18 heteroatoms. The second kappa shape index (κ2) is 7.43. The van der Waals surface area contributed by atoms with Gasteiger partial charge in [0.1, 0.15) is 15.2 Å². The summed E-state index contributed by atoms with van der Waals surface area (Å²) in [5.41, 5.74) is -2.26. The minimum Gasteiger partial charge on any atom is -0.744 e. The van der Waals surface area contributed by atoms with Gasteiger partial charge in [-0.15, -0.1) is 4.68 Å². The largest absolute Gasteiger partial charge is 0.744 e. The van der Waals surface area contributed by atoms with Crippen LogP contribution in [-0.2, 0) is 20.2 Å². The SMILES string of the molecule is O=[N+]([O-])c1ccc(-[n+]2[nH]nnc2-c2ccc(S(=O)(=O)O)cc2S(=O)(=O)[O-])c([N+](=O)[O-])c1. The fourth-order valence-electron chi connectivity index (χ4n) is 2.56. The first-order valence-corrected chi connectivity index (χ1v) is 10.5. The lowest BCUT2D eigenvalue weighted by atomic mass is 10.2. The number of nitro benzene ring substituents is 2. The number of tetrazole rings is 1. The van der Waals surface area contributed by atoms with Crippen molar-refractivity contribution in [3.63, 3.8) is 0 Å². The summed E-state index contributed by atoms with van der Waals surface area (Å²) in [5, 5.41) is 31.5. The Morgan fingerprint density at radius 1 is 1.00 bits per heavy atom. The van der Waals surface area contributed by atoms with Gasteiger partial charge in [0.2, 0.25) is 5.69 Å². The van der Waals surface area contributed by atoms with Gasteiger partial charge in [0.25, 0.3) is 15.8 Å². The molecule has 3 rings (SSSR count). The molecule has 1 aromatic heterocycles. The number of nitrogens with one attached hydrogen (secondary N) is 1. The van der Waals surface area contributed by atoms with Gasteiger partial charge in [-0.1, -0.05) is 5.21 Å². The molecule has 1 heterocycles. The van der Waals surface area contributed by atoms with Crippen molar-refractivity contribution < 1.29 is 40.5 Å². The van der Waals surface area contributed by atoms with Crippen molar-refractivity contribution in [2.45, 2.75) is 9.79 Å². The van der Waals surface area contributed by atoms with Crippen molar-refractivity contribution in [2.24, 2.45) is 0 Å². The number of H-pyrrole nitrogens is 1. The summed E-state index contributed by atoms with van der Waals surface area (Å²) in [4.78, 5) is 18.5. The average Bonchev–Trinajstić information content (AvgIpc) is 3.15. The van der Waals surface area contributed by atoms with E-state index < -0.39 is 62.6 Å². The fourth-order valence-corrected chi connectivity index (χ4v) is 3.85. The van der Waals surface area contributed by atoms with Crippen LogP contribution in [-0.4, -0.2) is 51.3 Å². The minimum atomic E-state index is -5.33. The Balaban J connectivity index is 2.31. The molecule has 31 heavy (non-hydrogen) atoms. The van der Waals surface area contributed by atoms with Gasteiger partial charge < -0.3 is 4.55 Å². The molecular formula is C13H8N6O10S2. The van der Waals surface area contributed by atoms with Crippen LogP contribution in [0.3, 0.4) is 0 Å². The Morgan fingerprint density at radius 3 is 2.23 bits per heavy atom. The van der Waals surface area contributed by atoms with Gasteiger partial charge in [0, 0.05) is 6.07 Å². The highest BCUT2D eigenvalue weighted by Crippen LogP contribution is 2.29. The first-order chi connectivity index (χ1) is 14.3. The molecule has 0 aliphatic carbocycles. The van der Waals surface area contributed by atoms with Crippen LogP contribution >= 0.6 is 0 Å². The van der Waals surface area contributed by atoms with Crippen molar-refractivity contribution in [2.75, 3.05) is 0 Å². The third kappa shape index (κ3) is 4.21. The van der Waals surface area contributed by atoms with Crippen LogP contribution in [0.5, 0.6) is 0 Å². The molecule has 0 bridgehead atoms. The van der Waals surface area contributed by atoms with Gasteiger partial charge in [-0.25, -0.2) is 8.42 Å². The van der Waals surface area contributed by atoms with E-state index in [0.717, 1.165) is 28.9 Å². The van der Waals surface area contributed by atoms with E-state index in [0.29, 0.717) is 12.1 Å². The minimum absolute atomic E-state index is 0.358. The number of aromatic nitrogens is 4. The number of hydrogen-bond donors (Lipinski definition) is 2. The van der Waals surface area contributed by atoms with E-state index in [4.69, 9.17) is 4.55 Å². The summed E-state index contributed by atoms with van der Waals surface area (Å²) < 4.78 is 67.5. The molecule has 2 aromatic carbocycles. The van der Waals surface area contributed by atoms with Crippen molar-refractivity contribution in [3.05, 3.63) is 56.6 Å². The van der Waals surface area contributed by atoms with Crippen molar-refractivity contribution in [1.29, 1.82) is 0 Å². The van der Waals surface area contributed by atoms with E-state index in [1.165, 1.54) is 0 Å². The number of nitrogens with zero attached hydrogens (tertiary/aromatic N) is 5. The van der Waals surface area contributed by atoms with E-state index in [1.54, 1.807) is 0 Å². The Kier molecular flexibility index (Phi) is 5.23. The standard InChI is InChI=1S/C13H8N6O10S2/c20-18(21)7-1-4-10(11(5-7)19(22)23)17-13(14-15-16-17)9-3-2-8(30(24,25)26)6-12(9)31(27,28)29/h1-6H,(H2,24,25,26,27,28,29). The molecule has 0 saturated heterocycles. The summed E-state index contributed by atoms with van der Waals surface area (Å²) in [5.74, 6) is -0.478. The molecule has 162 valence electrons. The van der Waals surface area contributed by atoms with Crippen LogP contribution < -0.4 is 4.68 Å². The Bertz CT molecular complexity index is 1450. The number of nitro groups is 2. The second-order valence-electron chi connectivity index (χ2n) is 5.73. The number of benzene rings is 2. The van der Waals surface area contributed by atoms with Gasteiger partial charge in [-0.2, -0.15) is 8.42 Å². The van der Waals surface area contributed by atoms with E-state index >= 15 is 0 Å². The molecule has 0 atom stereocenters. The quantitative estimate of drug-likeness (QED) is 0.203. The number of hydrogen-bond acceptors (Lipinski definition) is 11. The highest BCUT2D eigenvalue weighted by molar-refractivity contribution is 7.86. The maximum Gasteiger partial charge on any atom is 0.338 e. The predicted molar refractivity (Wildman–Crippen MR) is 94.4 cm³/mol.